The predicted molar refractivity (Wildman–Crippen MR) is 94.3 cm³/mol. The van der Waals surface area contributed by atoms with Crippen molar-refractivity contribution in [1.82, 2.24) is 5.32 Å². The monoisotopic (exact) mass is 313 g/mol. The molecule has 0 spiro atoms. The second kappa shape index (κ2) is 7.65. The number of nitrogen functional groups attached to an aromatic ring is 1. The Labute approximate surface area is 136 Å². The highest BCUT2D eigenvalue weighted by atomic mass is 16.5. The second-order valence-electron chi connectivity index (χ2n) is 5.49. The summed E-state index contributed by atoms with van der Waals surface area (Å²) in [7, 11) is 1.59. The van der Waals surface area contributed by atoms with Gasteiger partial charge in [0.15, 0.2) is 0 Å². The van der Waals surface area contributed by atoms with Gasteiger partial charge in [0.05, 0.1) is 18.0 Å². The van der Waals surface area contributed by atoms with E-state index in [1.54, 1.807) is 19.2 Å². The van der Waals surface area contributed by atoms with E-state index in [-0.39, 0.29) is 5.91 Å². The van der Waals surface area contributed by atoms with Gasteiger partial charge in [0, 0.05) is 24.9 Å². The van der Waals surface area contributed by atoms with E-state index in [0.29, 0.717) is 24.4 Å². The van der Waals surface area contributed by atoms with E-state index in [1.807, 2.05) is 25.1 Å². The van der Waals surface area contributed by atoms with Gasteiger partial charge in [-0.15, -0.1) is 0 Å². The molecule has 0 aliphatic heterocycles. The molecule has 5 nitrogen and oxygen atoms in total. The highest BCUT2D eigenvalue weighted by molar-refractivity contribution is 5.96. The minimum Gasteiger partial charge on any atom is -0.397 e. The SMILES string of the molecule is COCCNC(=O)c1ccc(Nc2ccc(C)cc2C)c(N)c1. The van der Waals surface area contributed by atoms with E-state index in [4.69, 9.17) is 10.5 Å². The van der Waals surface area contributed by atoms with Crippen molar-refractivity contribution in [2.24, 2.45) is 0 Å². The van der Waals surface area contributed by atoms with Gasteiger partial charge >= 0.3 is 0 Å². The molecule has 5 heteroatoms. The summed E-state index contributed by atoms with van der Waals surface area (Å²) >= 11 is 0. The van der Waals surface area contributed by atoms with E-state index in [1.165, 1.54) is 5.56 Å². The first-order valence-corrected chi connectivity index (χ1v) is 7.52. The van der Waals surface area contributed by atoms with E-state index in [0.717, 1.165) is 16.9 Å². The zero-order valence-electron chi connectivity index (χ0n) is 13.8. The number of ether oxygens (including phenoxy) is 1. The first-order chi connectivity index (χ1) is 11.0. The van der Waals surface area contributed by atoms with Crippen molar-refractivity contribution >= 4 is 23.0 Å². The third kappa shape index (κ3) is 4.47. The van der Waals surface area contributed by atoms with Crippen molar-refractivity contribution in [2.45, 2.75) is 13.8 Å². The minimum atomic E-state index is -0.160. The number of anilines is 3. The van der Waals surface area contributed by atoms with Crippen LogP contribution >= 0.6 is 0 Å². The predicted octanol–water partition coefficient (Wildman–Crippen LogP) is 3.01. The summed E-state index contributed by atoms with van der Waals surface area (Å²) in [6, 6.07) is 11.4. The molecule has 0 atom stereocenters. The number of aryl methyl sites for hydroxylation is 2. The Morgan fingerprint density at radius 3 is 2.52 bits per heavy atom. The maximum absolute atomic E-state index is 12.0. The Bertz CT molecular complexity index is 699. The maximum Gasteiger partial charge on any atom is 0.251 e. The van der Waals surface area contributed by atoms with Crippen molar-refractivity contribution in [2.75, 3.05) is 31.3 Å². The fourth-order valence-electron chi connectivity index (χ4n) is 2.29. The first kappa shape index (κ1) is 16.8. The standard InChI is InChI=1S/C18H23N3O2/c1-12-4-6-16(13(2)10-12)21-17-7-5-14(11-15(17)19)18(22)20-8-9-23-3/h4-7,10-11,21H,8-9,19H2,1-3H3,(H,20,22). The van der Waals surface area contributed by atoms with Gasteiger partial charge in [-0.25, -0.2) is 0 Å². The number of hydrogen-bond acceptors (Lipinski definition) is 4. The molecule has 23 heavy (non-hydrogen) atoms. The van der Waals surface area contributed by atoms with Crippen molar-refractivity contribution in [3.05, 3.63) is 53.1 Å². The van der Waals surface area contributed by atoms with Gasteiger partial charge in [0.25, 0.3) is 5.91 Å². The van der Waals surface area contributed by atoms with Gasteiger partial charge in [0.2, 0.25) is 0 Å². The summed E-state index contributed by atoms with van der Waals surface area (Å²) in [5, 5.41) is 6.08. The average molecular weight is 313 g/mol. The van der Waals surface area contributed by atoms with E-state index >= 15 is 0 Å². The Hall–Kier alpha value is -2.53. The van der Waals surface area contributed by atoms with Crippen LogP contribution in [0.1, 0.15) is 21.5 Å². The molecule has 0 fully saturated rings. The number of hydrogen-bond donors (Lipinski definition) is 3. The maximum atomic E-state index is 12.0. The van der Waals surface area contributed by atoms with Crippen molar-refractivity contribution in [3.63, 3.8) is 0 Å². The first-order valence-electron chi connectivity index (χ1n) is 7.52. The highest BCUT2D eigenvalue weighted by Gasteiger charge is 2.08. The van der Waals surface area contributed by atoms with Crippen LogP contribution in [0.3, 0.4) is 0 Å². The number of amides is 1. The molecule has 1 amide bonds. The molecule has 0 radical (unpaired) electrons. The Balaban J connectivity index is 2.11. The van der Waals surface area contributed by atoms with Crippen LogP contribution in [0.4, 0.5) is 17.1 Å². The highest BCUT2D eigenvalue weighted by Crippen LogP contribution is 2.26. The lowest BCUT2D eigenvalue weighted by Crippen LogP contribution is -2.27. The van der Waals surface area contributed by atoms with Crippen LogP contribution in [0.2, 0.25) is 0 Å². The van der Waals surface area contributed by atoms with Crippen LogP contribution in [0.15, 0.2) is 36.4 Å². The molecule has 0 saturated carbocycles. The number of benzene rings is 2. The number of carbonyl (C=O) groups is 1. The molecule has 0 bridgehead atoms. The Kier molecular flexibility index (Phi) is 5.60. The van der Waals surface area contributed by atoms with E-state index in [9.17, 15) is 4.79 Å². The number of rotatable bonds is 6. The zero-order valence-corrected chi connectivity index (χ0v) is 13.8. The van der Waals surface area contributed by atoms with Crippen LogP contribution < -0.4 is 16.4 Å². The summed E-state index contributed by atoms with van der Waals surface area (Å²) in [5.41, 5.74) is 11.3. The lowest BCUT2D eigenvalue weighted by molar-refractivity contribution is 0.0937. The van der Waals surface area contributed by atoms with Gasteiger partial charge < -0.3 is 21.1 Å². The van der Waals surface area contributed by atoms with Crippen LogP contribution in [-0.2, 0) is 4.74 Å². The summed E-state index contributed by atoms with van der Waals surface area (Å²) in [4.78, 5) is 12.0. The molecule has 0 unspecified atom stereocenters. The molecule has 2 rings (SSSR count). The molecular formula is C18H23N3O2. The third-order valence-electron chi connectivity index (χ3n) is 3.56. The second-order valence-corrected chi connectivity index (χ2v) is 5.49. The van der Waals surface area contributed by atoms with E-state index < -0.39 is 0 Å². The number of methoxy groups -OCH3 is 1. The smallest absolute Gasteiger partial charge is 0.251 e. The van der Waals surface area contributed by atoms with Crippen LogP contribution in [0.5, 0.6) is 0 Å². The molecule has 4 N–H and O–H groups in total. The molecule has 122 valence electrons. The normalized spacial score (nSPS) is 10.4. The molecule has 0 aliphatic rings. The van der Waals surface area contributed by atoms with Gasteiger partial charge in [-0.2, -0.15) is 0 Å². The molecule has 0 saturated heterocycles. The largest absolute Gasteiger partial charge is 0.397 e. The molecule has 2 aromatic rings. The van der Waals surface area contributed by atoms with E-state index in [2.05, 4.69) is 23.6 Å². The number of carbonyl (C=O) groups excluding carboxylic acids is 1. The molecule has 2 aromatic carbocycles. The lowest BCUT2D eigenvalue weighted by Gasteiger charge is -2.13. The number of nitrogens with two attached hydrogens (primary N) is 1. The average Bonchev–Trinajstić information content (AvgIpc) is 2.51. The summed E-state index contributed by atoms with van der Waals surface area (Å²) in [5.74, 6) is -0.160. The van der Waals surface area contributed by atoms with Gasteiger partial charge in [-0.3, -0.25) is 4.79 Å². The van der Waals surface area contributed by atoms with Crippen LogP contribution in [0.25, 0.3) is 0 Å². The zero-order chi connectivity index (χ0) is 16.8. The fraction of sp³-hybridized carbons (Fsp3) is 0.278. The topological polar surface area (TPSA) is 76.4 Å². The minimum absolute atomic E-state index is 0.160. The van der Waals surface area contributed by atoms with Gasteiger partial charge in [-0.05, 0) is 43.7 Å². The Morgan fingerprint density at radius 1 is 1.13 bits per heavy atom. The summed E-state index contributed by atoms with van der Waals surface area (Å²) in [6.07, 6.45) is 0. The number of nitrogens with one attached hydrogen (secondary N) is 2. The van der Waals surface area contributed by atoms with Crippen molar-refractivity contribution in [1.29, 1.82) is 0 Å². The molecule has 0 aromatic heterocycles. The summed E-state index contributed by atoms with van der Waals surface area (Å²) < 4.78 is 4.91. The van der Waals surface area contributed by atoms with Crippen LogP contribution in [-0.4, -0.2) is 26.2 Å². The third-order valence-corrected chi connectivity index (χ3v) is 3.56. The van der Waals surface area contributed by atoms with Gasteiger partial charge in [-0.1, -0.05) is 17.7 Å². The fourth-order valence-corrected chi connectivity index (χ4v) is 2.29. The molecule has 0 heterocycles. The van der Waals surface area contributed by atoms with Crippen LogP contribution in [0, 0.1) is 13.8 Å². The quantitative estimate of drug-likeness (QED) is 0.566. The lowest BCUT2D eigenvalue weighted by atomic mass is 10.1. The Morgan fingerprint density at radius 2 is 1.87 bits per heavy atom. The summed E-state index contributed by atoms with van der Waals surface area (Å²) in [6.45, 7) is 5.05. The van der Waals surface area contributed by atoms with Crippen molar-refractivity contribution < 1.29 is 9.53 Å². The molecular weight excluding hydrogens is 290 g/mol. The van der Waals surface area contributed by atoms with Crippen molar-refractivity contribution in [3.8, 4) is 0 Å². The van der Waals surface area contributed by atoms with Gasteiger partial charge in [0.1, 0.15) is 0 Å². The molecule has 0 aliphatic carbocycles.